The Morgan fingerprint density at radius 1 is 1.16 bits per heavy atom. The molecule has 3 rings (SSSR count). The molecule has 4 nitrogen and oxygen atoms in total. The molecule has 2 aliphatic heterocycles. The van der Waals surface area contributed by atoms with Gasteiger partial charge in [0.15, 0.2) is 0 Å². The van der Waals surface area contributed by atoms with Crippen molar-refractivity contribution in [3.63, 3.8) is 0 Å². The summed E-state index contributed by atoms with van der Waals surface area (Å²) in [6.07, 6.45) is 4.32. The average Bonchev–Trinajstić information content (AvgIpc) is 3.01. The van der Waals surface area contributed by atoms with E-state index in [2.05, 4.69) is 47.5 Å². The van der Waals surface area contributed by atoms with Crippen molar-refractivity contribution in [1.82, 2.24) is 15.1 Å². The number of halogens is 1. The SMILES string of the molecule is CC1(CCc2ccccc2)CCN(CCC(=O)N2CCNCC2)C1.Cl. The summed E-state index contributed by atoms with van der Waals surface area (Å²) in [5.41, 5.74) is 1.83. The smallest absolute Gasteiger partial charge is 0.223 e. The van der Waals surface area contributed by atoms with E-state index in [4.69, 9.17) is 0 Å². The van der Waals surface area contributed by atoms with Crippen LogP contribution in [0.4, 0.5) is 0 Å². The maximum absolute atomic E-state index is 12.3. The Labute approximate surface area is 158 Å². The maximum Gasteiger partial charge on any atom is 0.223 e. The van der Waals surface area contributed by atoms with Crippen LogP contribution in [0.1, 0.15) is 31.7 Å². The van der Waals surface area contributed by atoms with Crippen molar-refractivity contribution in [1.29, 1.82) is 0 Å². The number of likely N-dealkylation sites (tertiary alicyclic amines) is 1. The zero-order valence-corrected chi connectivity index (χ0v) is 16.2. The monoisotopic (exact) mass is 365 g/mol. The van der Waals surface area contributed by atoms with Crippen molar-refractivity contribution in [2.75, 3.05) is 45.8 Å². The number of carbonyl (C=O) groups excluding carboxylic acids is 1. The molecule has 2 aliphatic rings. The van der Waals surface area contributed by atoms with Gasteiger partial charge in [-0.3, -0.25) is 4.79 Å². The fourth-order valence-corrected chi connectivity index (χ4v) is 3.94. The summed E-state index contributed by atoms with van der Waals surface area (Å²) in [4.78, 5) is 16.8. The van der Waals surface area contributed by atoms with Crippen LogP contribution in [0.15, 0.2) is 30.3 Å². The zero-order valence-electron chi connectivity index (χ0n) is 15.4. The Hall–Kier alpha value is -1.10. The van der Waals surface area contributed by atoms with Crippen LogP contribution in [0.2, 0.25) is 0 Å². The second-order valence-corrected chi connectivity index (χ2v) is 7.70. The first-order chi connectivity index (χ1) is 11.6. The van der Waals surface area contributed by atoms with Gasteiger partial charge < -0.3 is 15.1 Å². The van der Waals surface area contributed by atoms with Gasteiger partial charge in [0.1, 0.15) is 0 Å². The standard InChI is InChI=1S/C20H31N3O.ClH/c1-20(9-7-18-5-3-2-4-6-18)10-14-22(17-20)13-8-19(24)23-15-11-21-12-16-23;/h2-6,21H,7-17H2,1H3;1H. The van der Waals surface area contributed by atoms with Gasteiger partial charge in [0.2, 0.25) is 5.91 Å². The van der Waals surface area contributed by atoms with E-state index in [9.17, 15) is 4.79 Å². The molecule has 0 radical (unpaired) electrons. The third kappa shape index (κ3) is 5.98. The minimum absolute atomic E-state index is 0. The van der Waals surface area contributed by atoms with Crippen molar-refractivity contribution in [3.05, 3.63) is 35.9 Å². The molecule has 2 fully saturated rings. The Bertz CT molecular complexity index is 533. The molecule has 2 saturated heterocycles. The largest absolute Gasteiger partial charge is 0.340 e. The first kappa shape index (κ1) is 20.2. The topological polar surface area (TPSA) is 35.6 Å². The highest BCUT2D eigenvalue weighted by Gasteiger charge is 2.33. The van der Waals surface area contributed by atoms with E-state index in [1.165, 1.54) is 18.4 Å². The maximum atomic E-state index is 12.3. The fraction of sp³-hybridized carbons (Fsp3) is 0.650. The molecule has 0 aliphatic carbocycles. The highest BCUT2D eigenvalue weighted by molar-refractivity contribution is 5.85. The Kier molecular flexibility index (Phi) is 7.73. The van der Waals surface area contributed by atoms with Crippen LogP contribution in [0.3, 0.4) is 0 Å². The number of rotatable bonds is 6. The van der Waals surface area contributed by atoms with Crippen LogP contribution >= 0.6 is 12.4 Å². The summed E-state index contributed by atoms with van der Waals surface area (Å²) in [7, 11) is 0. The molecule has 0 aromatic heterocycles. The molecule has 25 heavy (non-hydrogen) atoms. The van der Waals surface area contributed by atoms with Crippen LogP contribution < -0.4 is 5.32 Å². The molecule has 1 unspecified atom stereocenters. The van der Waals surface area contributed by atoms with E-state index < -0.39 is 0 Å². The van der Waals surface area contributed by atoms with Crippen molar-refractivity contribution in [2.45, 2.75) is 32.6 Å². The molecule has 5 heteroatoms. The number of amides is 1. The summed E-state index contributed by atoms with van der Waals surface area (Å²) >= 11 is 0. The number of aryl methyl sites for hydroxylation is 1. The number of piperazine rings is 1. The lowest BCUT2D eigenvalue weighted by atomic mass is 9.83. The van der Waals surface area contributed by atoms with Crippen molar-refractivity contribution in [2.24, 2.45) is 5.41 Å². The zero-order chi connectivity index (χ0) is 16.8. The molecule has 1 N–H and O–H groups in total. The molecule has 0 spiro atoms. The Morgan fingerprint density at radius 2 is 1.88 bits per heavy atom. The van der Waals surface area contributed by atoms with Crippen LogP contribution in [0.5, 0.6) is 0 Å². The minimum atomic E-state index is 0. The minimum Gasteiger partial charge on any atom is -0.340 e. The predicted octanol–water partition coefficient (Wildman–Crippen LogP) is 2.57. The van der Waals surface area contributed by atoms with Gasteiger partial charge in [-0.05, 0) is 36.8 Å². The quantitative estimate of drug-likeness (QED) is 0.841. The first-order valence-corrected chi connectivity index (χ1v) is 9.39. The summed E-state index contributed by atoms with van der Waals surface area (Å²) in [6.45, 7) is 9.22. The second-order valence-electron chi connectivity index (χ2n) is 7.70. The molecule has 1 atom stereocenters. The van der Waals surface area contributed by atoms with E-state index in [0.29, 0.717) is 17.7 Å². The molecular weight excluding hydrogens is 334 g/mol. The number of benzene rings is 1. The summed E-state index contributed by atoms with van der Waals surface area (Å²) < 4.78 is 0. The van der Waals surface area contributed by atoms with Crippen LogP contribution in [0, 0.1) is 5.41 Å². The highest BCUT2D eigenvalue weighted by atomic mass is 35.5. The normalized spacial score (nSPS) is 24.1. The molecule has 0 bridgehead atoms. The Balaban J connectivity index is 0.00000225. The lowest BCUT2D eigenvalue weighted by Crippen LogP contribution is -2.47. The number of nitrogens with one attached hydrogen (secondary N) is 1. The van der Waals surface area contributed by atoms with Gasteiger partial charge in [0, 0.05) is 45.7 Å². The van der Waals surface area contributed by atoms with Crippen LogP contribution in [-0.4, -0.2) is 61.5 Å². The van der Waals surface area contributed by atoms with Crippen LogP contribution in [0.25, 0.3) is 0 Å². The number of nitrogens with zero attached hydrogens (tertiary/aromatic N) is 2. The number of hydrogen-bond donors (Lipinski definition) is 1. The molecule has 1 aromatic carbocycles. The average molecular weight is 366 g/mol. The van der Waals surface area contributed by atoms with Crippen LogP contribution in [-0.2, 0) is 11.2 Å². The van der Waals surface area contributed by atoms with Gasteiger partial charge in [-0.1, -0.05) is 37.3 Å². The van der Waals surface area contributed by atoms with E-state index >= 15 is 0 Å². The van der Waals surface area contributed by atoms with Gasteiger partial charge in [-0.25, -0.2) is 0 Å². The molecule has 1 amide bonds. The molecule has 0 saturated carbocycles. The molecule has 1 aromatic rings. The number of hydrogen-bond acceptors (Lipinski definition) is 3. The third-order valence-electron chi connectivity index (χ3n) is 5.61. The fourth-order valence-electron chi connectivity index (χ4n) is 3.94. The van der Waals surface area contributed by atoms with Crippen molar-refractivity contribution < 1.29 is 4.79 Å². The summed E-state index contributed by atoms with van der Waals surface area (Å²) in [5.74, 6) is 0.328. The highest BCUT2D eigenvalue weighted by Crippen LogP contribution is 2.34. The van der Waals surface area contributed by atoms with Crippen molar-refractivity contribution >= 4 is 18.3 Å². The summed E-state index contributed by atoms with van der Waals surface area (Å²) in [6, 6.07) is 10.8. The van der Waals surface area contributed by atoms with E-state index in [-0.39, 0.29) is 12.4 Å². The predicted molar refractivity (Wildman–Crippen MR) is 105 cm³/mol. The van der Waals surface area contributed by atoms with Gasteiger partial charge in [0.05, 0.1) is 0 Å². The van der Waals surface area contributed by atoms with E-state index in [1.54, 1.807) is 0 Å². The lowest BCUT2D eigenvalue weighted by Gasteiger charge is -2.28. The van der Waals surface area contributed by atoms with E-state index in [1.807, 2.05) is 4.90 Å². The van der Waals surface area contributed by atoms with Gasteiger partial charge >= 0.3 is 0 Å². The molecule has 2 heterocycles. The second kappa shape index (κ2) is 9.56. The third-order valence-corrected chi connectivity index (χ3v) is 5.61. The molecular formula is C20H32ClN3O. The summed E-state index contributed by atoms with van der Waals surface area (Å²) in [5, 5.41) is 3.30. The van der Waals surface area contributed by atoms with Gasteiger partial charge in [-0.2, -0.15) is 0 Å². The molecule has 140 valence electrons. The van der Waals surface area contributed by atoms with Gasteiger partial charge in [-0.15, -0.1) is 12.4 Å². The van der Waals surface area contributed by atoms with E-state index in [0.717, 1.165) is 52.2 Å². The van der Waals surface area contributed by atoms with Gasteiger partial charge in [0.25, 0.3) is 0 Å². The van der Waals surface area contributed by atoms with Crippen molar-refractivity contribution in [3.8, 4) is 0 Å². The number of carbonyl (C=O) groups is 1. The lowest BCUT2D eigenvalue weighted by molar-refractivity contribution is -0.132. The first-order valence-electron chi connectivity index (χ1n) is 9.39. The Morgan fingerprint density at radius 3 is 2.60 bits per heavy atom.